The number of carbonyl (C=O) groups excluding carboxylic acids is 1. The molecule has 0 aliphatic heterocycles. The first-order valence-electron chi connectivity index (χ1n) is 4.00. The fourth-order valence-electron chi connectivity index (χ4n) is 1.08. The van der Waals surface area contributed by atoms with Gasteiger partial charge in [-0.2, -0.15) is 5.26 Å². The Labute approximate surface area is 95.6 Å². The molecule has 4 heteroatoms. The normalized spacial score (nSPS) is 9.50. The SMILES string of the molecule is N#Cc1cc(Cl)c(CCC=O)cc1Br. The molecule has 0 spiro atoms. The largest absolute Gasteiger partial charge is 0.303 e. The summed E-state index contributed by atoms with van der Waals surface area (Å²) >= 11 is 9.19. The van der Waals surface area contributed by atoms with Gasteiger partial charge >= 0.3 is 0 Å². The lowest BCUT2D eigenvalue weighted by Gasteiger charge is -2.03. The van der Waals surface area contributed by atoms with Crippen LogP contribution in [0.3, 0.4) is 0 Å². The molecule has 0 heterocycles. The average Bonchev–Trinajstić information content (AvgIpc) is 2.18. The van der Waals surface area contributed by atoms with Gasteiger partial charge < -0.3 is 4.79 Å². The van der Waals surface area contributed by atoms with Gasteiger partial charge in [0.2, 0.25) is 0 Å². The molecule has 0 atom stereocenters. The van der Waals surface area contributed by atoms with E-state index in [2.05, 4.69) is 15.9 Å². The summed E-state index contributed by atoms with van der Waals surface area (Å²) in [7, 11) is 0. The zero-order chi connectivity index (χ0) is 10.6. The van der Waals surface area contributed by atoms with Crippen LogP contribution in [0.2, 0.25) is 5.02 Å². The van der Waals surface area contributed by atoms with E-state index in [1.165, 1.54) is 0 Å². The van der Waals surface area contributed by atoms with E-state index in [1.807, 2.05) is 6.07 Å². The maximum Gasteiger partial charge on any atom is 0.120 e. The predicted molar refractivity (Wildman–Crippen MR) is 58.3 cm³/mol. The van der Waals surface area contributed by atoms with Crippen molar-refractivity contribution in [2.75, 3.05) is 0 Å². The summed E-state index contributed by atoms with van der Waals surface area (Å²) in [5, 5.41) is 9.25. The summed E-state index contributed by atoms with van der Waals surface area (Å²) in [6.45, 7) is 0. The molecule has 1 rings (SSSR count). The van der Waals surface area contributed by atoms with Gasteiger partial charge in [-0.05, 0) is 40.0 Å². The number of nitriles is 1. The van der Waals surface area contributed by atoms with Crippen molar-refractivity contribution >= 4 is 33.8 Å². The van der Waals surface area contributed by atoms with E-state index >= 15 is 0 Å². The first-order chi connectivity index (χ1) is 6.69. The lowest BCUT2D eigenvalue weighted by molar-refractivity contribution is -0.107. The molecule has 0 fully saturated rings. The van der Waals surface area contributed by atoms with Crippen LogP contribution in [0.25, 0.3) is 0 Å². The molecule has 0 bridgehead atoms. The summed E-state index contributed by atoms with van der Waals surface area (Å²) in [4.78, 5) is 10.2. The van der Waals surface area contributed by atoms with Gasteiger partial charge in [-0.15, -0.1) is 0 Å². The summed E-state index contributed by atoms with van der Waals surface area (Å²) < 4.78 is 0.713. The Bertz CT molecular complexity index is 398. The molecule has 14 heavy (non-hydrogen) atoms. The van der Waals surface area contributed by atoms with Gasteiger partial charge in [-0.3, -0.25) is 0 Å². The van der Waals surface area contributed by atoms with E-state index in [9.17, 15) is 4.79 Å². The molecule has 0 amide bonds. The van der Waals surface area contributed by atoms with Crippen molar-refractivity contribution < 1.29 is 4.79 Å². The Morgan fingerprint density at radius 3 is 2.86 bits per heavy atom. The highest BCUT2D eigenvalue weighted by Gasteiger charge is 2.06. The van der Waals surface area contributed by atoms with E-state index in [4.69, 9.17) is 16.9 Å². The molecule has 2 nitrogen and oxygen atoms in total. The number of aryl methyl sites for hydroxylation is 1. The third-order valence-corrected chi connectivity index (χ3v) is 2.80. The van der Waals surface area contributed by atoms with Crippen LogP contribution in [0.5, 0.6) is 0 Å². The van der Waals surface area contributed by atoms with Crippen molar-refractivity contribution in [3.63, 3.8) is 0 Å². The van der Waals surface area contributed by atoms with E-state index < -0.39 is 0 Å². The number of aldehydes is 1. The van der Waals surface area contributed by atoms with Gasteiger partial charge in [-0.1, -0.05) is 11.6 Å². The lowest BCUT2D eigenvalue weighted by Crippen LogP contribution is -1.90. The highest BCUT2D eigenvalue weighted by atomic mass is 79.9. The number of benzene rings is 1. The third-order valence-electron chi connectivity index (χ3n) is 1.79. The van der Waals surface area contributed by atoms with Gasteiger partial charge in [0.05, 0.1) is 5.56 Å². The Morgan fingerprint density at radius 1 is 1.57 bits per heavy atom. The molecule has 72 valence electrons. The van der Waals surface area contributed by atoms with Crippen molar-refractivity contribution in [3.8, 4) is 6.07 Å². The maximum atomic E-state index is 10.2. The Balaban J connectivity index is 3.03. The second-order valence-electron chi connectivity index (χ2n) is 2.74. The van der Waals surface area contributed by atoms with Crippen molar-refractivity contribution in [3.05, 3.63) is 32.8 Å². The maximum absolute atomic E-state index is 10.2. The molecule has 0 N–H and O–H groups in total. The number of hydrogen-bond acceptors (Lipinski definition) is 2. The second-order valence-corrected chi connectivity index (χ2v) is 4.00. The van der Waals surface area contributed by atoms with Crippen LogP contribution in [0, 0.1) is 11.3 Å². The van der Waals surface area contributed by atoms with Crippen LogP contribution < -0.4 is 0 Å². The van der Waals surface area contributed by atoms with E-state index in [1.54, 1.807) is 12.1 Å². The summed E-state index contributed by atoms with van der Waals surface area (Å²) in [6.07, 6.45) is 1.90. The smallest absolute Gasteiger partial charge is 0.120 e. The third kappa shape index (κ3) is 2.57. The summed E-state index contributed by atoms with van der Waals surface area (Å²) in [5.41, 5.74) is 1.38. The van der Waals surface area contributed by atoms with Crippen LogP contribution in [-0.2, 0) is 11.2 Å². The average molecular weight is 273 g/mol. The Morgan fingerprint density at radius 2 is 2.29 bits per heavy atom. The number of halogens is 2. The molecular weight excluding hydrogens is 265 g/mol. The minimum Gasteiger partial charge on any atom is -0.303 e. The molecule has 0 saturated carbocycles. The molecular formula is C10H7BrClNO. The Hall–Kier alpha value is -0.850. The quantitative estimate of drug-likeness (QED) is 0.793. The number of carbonyl (C=O) groups is 1. The molecule has 1 aromatic carbocycles. The van der Waals surface area contributed by atoms with Crippen molar-refractivity contribution in [2.24, 2.45) is 0 Å². The van der Waals surface area contributed by atoms with E-state index in [0.717, 1.165) is 11.8 Å². The number of nitrogens with zero attached hydrogens (tertiary/aromatic N) is 1. The molecule has 0 aromatic heterocycles. The number of hydrogen-bond donors (Lipinski definition) is 0. The van der Waals surface area contributed by atoms with Crippen LogP contribution >= 0.6 is 27.5 Å². The van der Waals surface area contributed by atoms with Crippen LogP contribution in [0.15, 0.2) is 16.6 Å². The van der Waals surface area contributed by atoms with Gasteiger partial charge in [0.25, 0.3) is 0 Å². The van der Waals surface area contributed by atoms with Crippen molar-refractivity contribution in [2.45, 2.75) is 12.8 Å². The standard InChI is InChI=1S/C10H7BrClNO/c11-9-4-7(2-1-3-14)10(12)5-8(9)6-13/h3-5H,1-2H2. The minimum absolute atomic E-state index is 0.443. The molecule has 1 aromatic rings. The second kappa shape index (κ2) is 5.14. The minimum atomic E-state index is 0.443. The zero-order valence-corrected chi connectivity index (χ0v) is 9.60. The van der Waals surface area contributed by atoms with Crippen LogP contribution in [0.4, 0.5) is 0 Å². The predicted octanol–water partition coefficient (Wildman–Crippen LogP) is 3.11. The fraction of sp³-hybridized carbons (Fsp3) is 0.200. The van der Waals surface area contributed by atoms with E-state index in [0.29, 0.717) is 27.9 Å². The highest BCUT2D eigenvalue weighted by Crippen LogP contribution is 2.25. The summed E-state index contributed by atoms with van der Waals surface area (Å²) in [5.74, 6) is 0. The summed E-state index contributed by atoms with van der Waals surface area (Å²) in [6, 6.07) is 5.40. The molecule has 0 unspecified atom stereocenters. The highest BCUT2D eigenvalue weighted by molar-refractivity contribution is 9.10. The van der Waals surface area contributed by atoms with Crippen molar-refractivity contribution in [1.82, 2.24) is 0 Å². The van der Waals surface area contributed by atoms with E-state index in [-0.39, 0.29) is 0 Å². The molecule has 0 aliphatic carbocycles. The van der Waals surface area contributed by atoms with Gasteiger partial charge in [0, 0.05) is 15.9 Å². The molecule has 0 saturated heterocycles. The number of rotatable bonds is 3. The molecule has 0 radical (unpaired) electrons. The monoisotopic (exact) mass is 271 g/mol. The lowest BCUT2D eigenvalue weighted by atomic mass is 10.1. The van der Waals surface area contributed by atoms with Crippen LogP contribution in [0.1, 0.15) is 17.5 Å². The van der Waals surface area contributed by atoms with Gasteiger partial charge in [0.1, 0.15) is 12.4 Å². The first-order valence-corrected chi connectivity index (χ1v) is 5.17. The topological polar surface area (TPSA) is 40.9 Å². The first kappa shape index (κ1) is 11.2. The van der Waals surface area contributed by atoms with Crippen molar-refractivity contribution in [1.29, 1.82) is 5.26 Å². The zero-order valence-electron chi connectivity index (χ0n) is 7.26. The van der Waals surface area contributed by atoms with Crippen LogP contribution in [-0.4, -0.2) is 6.29 Å². The van der Waals surface area contributed by atoms with Gasteiger partial charge in [-0.25, -0.2) is 0 Å². The fourth-order valence-corrected chi connectivity index (χ4v) is 1.82. The van der Waals surface area contributed by atoms with Gasteiger partial charge in [0.15, 0.2) is 0 Å². The molecule has 0 aliphatic rings. The Kier molecular flexibility index (Phi) is 4.12.